The van der Waals surface area contributed by atoms with Crippen LogP contribution in [0.5, 0.6) is 5.75 Å². The van der Waals surface area contributed by atoms with Gasteiger partial charge in [-0.15, -0.1) is 0 Å². The average Bonchev–Trinajstić information content (AvgIpc) is 3.30. The van der Waals surface area contributed by atoms with Crippen molar-refractivity contribution in [2.24, 2.45) is 46.3 Å². The Kier molecular flexibility index (Phi) is 9.09. The van der Waals surface area contributed by atoms with Crippen molar-refractivity contribution in [3.05, 3.63) is 29.8 Å². The first-order valence-corrected chi connectivity index (χ1v) is 16.6. The number of amides is 1. The van der Waals surface area contributed by atoms with E-state index in [1.807, 2.05) is 0 Å². The minimum atomic E-state index is -1.05. The first-order valence-electron chi connectivity index (χ1n) is 16.6. The molecule has 0 heterocycles. The van der Waals surface area contributed by atoms with Crippen LogP contribution in [0.3, 0.4) is 0 Å². The van der Waals surface area contributed by atoms with Crippen LogP contribution in [0.4, 0.5) is 0 Å². The van der Waals surface area contributed by atoms with Crippen LogP contribution in [-0.4, -0.2) is 40.7 Å². The van der Waals surface area contributed by atoms with Crippen molar-refractivity contribution in [3.8, 4) is 5.75 Å². The Morgan fingerprint density at radius 1 is 0.976 bits per heavy atom. The Balaban J connectivity index is 1.14. The van der Waals surface area contributed by atoms with E-state index in [2.05, 4.69) is 38.3 Å². The topological polar surface area (TPSA) is 98.7 Å². The molecule has 4 saturated carbocycles. The average molecular weight is 567 g/mol. The van der Waals surface area contributed by atoms with E-state index in [1.165, 1.54) is 69.9 Å². The number of hydrogen-bond acceptors (Lipinski definition) is 4. The van der Waals surface area contributed by atoms with Gasteiger partial charge in [0.05, 0.1) is 6.54 Å². The van der Waals surface area contributed by atoms with E-state index in [-0.39, 0.29) is 24.6 Å². The van der Waals surface area contributed by atoms with Crippen LogP contribution in [0.1, 0.15) is 104 Å². The van der Waals surface area contributed by atoms with E-state index >= 15 is 0 Å². The van der Waals surface area contributed by atoms with Crippen LogP contribution >= 0.6 is 0 Å². The number of carbonyl (C=O) groups excluding carboxylic acids is 1. The predicted molar refractivity (Wildman–Crippen MR) is 162 cm³/mol. The summed E-state index contributed by atoms with van der Waals surface area (Å²) in [6.45, 7) is 10.3. The lowest BCUT2D eigenvalue weighted by Gasteiger charge is -2.61. The molecule has 4 N–H and O–H groups in total. The third-order valence-electron chi connectivity index (χ3n) is 12.7. The normalized spacial score (nSPS) is 37.8. The first kappa shape index (κ1) is 30.4. The molecule has 41 heavy (non-hydrogen) atoms. The van der Waals surface area contributed by atoms with Gasteiger partial charge >= 0.3 is 5.97 Å². The van der Waals surface area contributed by atoms with Gasteiger partial charge < -0.3 is 20.8 Å². The lowest BCUT2D eigenvalue weighted by molar-refractivity contribution is -0.141. The Bertz CT molecular complexity index is 1070. The monoisotopic (exact) mass is 566 g/mol. The molecule has 10 atom stereocenters. The van der Waals surface area contributed by atoms with Crippen molar-refractivity contribution >= 4 is 11.9 Å². The minimum Gasteiger partial charge on any atom is -0.508 e. The summed E-state index contributed by atoms with van der Waals surface area (Å²) in [4.78, 5) is 24.6. The number of aromatic hydroxyl groups is 1. The number of rotatable bonds is 10. The van der Waals surface area contributed by atoms with E-state index < -0.39 is 12.0 Å². The summed E-state index contributed by atoms with van der Waals surface area (Å²) in [6, 6.07) is 5.77. The predicted octanol–water partition coefficient (Wildman–Crippen LogP) is 6.56. The van der Waals surface area contributed by atoms with Gasteiger partial charge in [-0.2, -0.15) is 0 Å². The highest BCUT2D eigenvalue weighted by atomic mass is 16.4. The Morgan fingerprint density at radius 2 is 1.68 bits per heavy atom. The standard InChI is InChI=1S/C35H54N2O4/c1-5-6-22(2)28-13-14-29-27-12-9-24-20-25(15-17-34(24,3)30(27)16-18-35(28,29)4)36-21-32(39)37-31(33(40)41)19-23-7-10-26(38)11-8-23/h7-8,10-11,22,24-25,27-31,36,38H,5-6,9,12-21H2,1-4H3,(H,37,39)(H,40,41)/t22-,24?,25?,27?,28-,29?,30?,31+,34+,35-/m1/s1. The minimum absolute atomic E-state index is 0.136. The van der Waals surface area contributed by atoms with E-state index in [0.717, 1.165) is 48.0 Å². The fourth-order valence-electron chi connectivity index (χ4n) is 10.6. The van der Waals surface area contributed by atoms with Gasteiger partial charge in [-0.25, -0.2) is 4.79 Å². The summed E-state index contributed by atoms with van der Waals surface area (Å²) in [7, 11) is 0. The molecule has 1 aromatic rings. The second kappa shape index (κ2) is 12.3. The maximum Gasteiger partial charge on any atom is 0.326 e. The molecule has 0 saturated heterocycles. The molecular formula is C35H54N2O4. The molecule has 4 aliphatic carbocycles. The van der Waals surface area contributed by atoms with Crippen molar-refractivity contribution in [3.63, 3.8) is 0 Å². The second-order valence-electron chi connectivity index (χ2n) is 14.8. The molecule has 0 radical (unpaired) electrons. The van der Waals surface area contributed by atoms with Crippen LogP contribution in [0.2, 0.25) is 0 Å². The number of aliphatic carboxylic acids is 1. The zero-order valence-electron chi connectivity index (χ0n) is 25.8. The maximum absolute atomic E-state index is 12.8. The van der Waals surface area contributed by atoms with E-state index in [0.29, 0.717) is 22.8 Å². The SMILES string of the molecule is CCC[C@@H](C)[C@H]1CCC2C3CCC4CC(NCC(=O)N[C@@H](Cc5ccc(O)cc5)C(=O)O)CC[C@]4(C)C3CC[C@@]21C. The van der Waals surface area contributed by atoms with Gasteiger partial charge in [-0.3, -0.25) is 4.79 Å². The van der Waals surface area contributed by atoms with Crippen molar-refractivity contribution < 1.29 is 19.8 Å². The molecule has 228 valence electrons. The number of phenols is 1. The van der Waals surface area contributed by atoms with E-state index in [9.17, 15) is 19.8 Å². The fourth-order valence-corrected chi connectivity index (χ4v) is 10.6. The number of carbonyl (C=O) groups is 2. The summed E-state index contributed by atoms with van der Waals surface area (Å²) in [5, 5.41) is 25.3. The molecule has 0 spiro atoms. The van der Waals surface area contributed by atoms with Crippen molar-refractivity contribution in [2.45, 2.75) is 117 Å². The summed E-state index contributed by atoms with van der Waals surface area (Å²) >= 11 is 0. The summed E-state index contributed by atoms with van der Waals surface area (Å²) < 4.78 is 0. The van der Waals surface area contributed by atoms with Gasteiger partial charge in [-0.05, 0) is 122 Å². The molecule has 0 aromatic heterocycles. The lowest BCUT2D eigenvalue weighted by atomic mass is 9.44. The molecule has 1 aromatic carbocycles. The zero-order valence-corrected chi connectivity index (χ0v) is 25.8. The van der Waals surface area contributed by atoms with Gasteiger partial charge in [0, 0.05) is 12.5 Å². The number of carboxylic acid groups (broad SMARTS) is 1. The number of benzene rings is 1. The van der Waals surface area contributed by atoms with Crippen LogP contribution in [0.25, 0.3) is 0 Å². The third kappa shape index (κ3) is 6.05. The fraction of sp³-hybridized carbons (Fsp3) is 0.771. The van der Waals surface area contributed by atoms with Crippen LogP contribution in [0.15, 0.2) is 24.3 Å². The number of fused-ring (bicyclic) bond motifs is 5. The number of carboxylic acids is 1. The van der Waals surface area contributed by atoms with Crippen LogP contribution in [-0.2, 0) is 16.0 Å². The van der Waals surface area contributed by atoms with Crippen molar-refractivity contribution in [1.82, 2.24) is 10.6 Å². The van der Waals surface area contributed by atoms with Gasteiger partial charge in [0.1, 0.15) is 11.8 Å². The smallest absolute Gasteiger partial charge is 0.326 e. The zero-order chi connectivity index (χ0) is 29.4. The summed E-state index contributed by atoms with van der Waals surface area (Å²) in [5.41, 5.74) is 1.72. The highest BCUT2D eigenvalue weighted by Crippen LogP contribution is 2.68. The largest absolute Gasteiger partial charge is 0.508 e. The molecule has 5 unspecified atom stereocenters. The highest BCUT2D eigenvalue weighted by molar-refractivity contribution is 5.84. The van der Waals surface area contributed by atoms with Gasteiger partial charge in [0.15, 0.2) is 0 Å². The quantitative estimate of drug-likeness (QED) is 0.257. The maximum atomic E-state index is 12.8. The van der Waals surface area contributed by atoms with Crippen molar-refractivity contribution in [1.29, 1.82) is 0 Å². The number of phenolic OH excluding ortho intramolecular Hbond substituents is 1. The molecule has 6 heteroatoms. The van der Waals surface area contributed by atoms with E-state index in [1.54, 1.807) is 12.1 Å². The third-order valence-corrected chi connectivity index (χ3v) is 12.7. The molecule has 6 nitrogen and oxygen atoms in total. The van der Waals surface area contributed by atoms with Crippen molar-refractivity contribution in [2.75, 3.05) is 6.54 Å². The molecule has 4 fully saturated rings. The molecule has 5 rings (SSSR count). The molecule has 0 bridgehead atoms. The van der Waals surface area contributed by atoms with Gasteiger partial charge in [-0.1, -0.05) is 52.7 Å². The van der Waals surface area contributed by atoms with Gasteiger partial charge in [0.2, 0.25) is 5.91 Å². The van der Waals surface area contributed by atoms with Crippen LogP contribution < -0.4 is 10.6 Å². The Morgan fingerprint density at radius 3 is 2.39 bits per heavy atom. The lowest BCUT2D eigenvalue weighted by Crippen LogP contribution is -2.56. The second-order valence-corrected chi connectivity index (χ2v) is 14.8. The first-order chi connectivity index (χ1) is 19.5. The highest BCUT2D eigenvalue weighted by Gasteiger charge is 2.60. The van der Waals surface area contributed by atoms with E-state index in [4.69, 9.17) is 0 Å². The number of nitrogens with one attached hydrogen (secondary N) is 2. The Labute approximate surface area is 247 Å². The Hall–Kier alpha value is -2.08. The summed E-state index contributed by atoms with van der Waals surface area (Å²) in [5.74, 6) is 3.94. The number of hydrogen-bond donors (Lipinski definition) is 4. The molecular weight excluding hydrogens is 512 g/mol. The van der Waals surface area contributed by atoms with Gasteiger partial charge in [0.25, 0.3) is 0 Å². The molecule has 0 aliphatic heterocycles. The molecule has 4 aliphatic rings. The van der Waals surface area contributed by atoms with Crippen LogP contribution in [0, 0.1) is 46.3 Å². The summed E-state index contributed by atoms with van der Waals surface area (Å²) in [6.07, 6.45) is 14.7. The molecule has 1 amide bonds.